The molecular formula is C8H6FNO2. The van der Waals surface area contributed by atoms with Crippen LogP contribution in [0.3, 0.4) is 0 Å². The van der Waals surface area contributed by atoms with Gasteiger partial charge in [-0.3, -0.25) is 9.78 Å². The van der Waals surface area contributed by atoms with Gasteiger partial charge in [0.25, 0.3) is 0 Å². The number of nitrogens with zero attached hydrogens (tertiary/aromatic N) is 1. The highest BCUT2D eigenvalue weighted by Crippen LogP contribution is 2.04. The van der Waals surface area contributed by atoms with Gasteiger partial charge in [-0.25, -0.2) is 4.39 Å². The third-order valence-corrected chi connectivity index (χ3v) is 1.29. The lowest BCUT2D eigenvalue weighted by atomic mass is 10.2. The first-order valence-corrected chi connectivity index (χ1v) is 3.33. The van der Waals surface area contributed by atoms with Gasteiger partial charge in [-0.2, -0.15) is 0 Å². The Labute approximate surface area is 68.2 Å². The summed E-state index contributed by atoms with van der Waals surface area (Å²) >= 11 is 0. The van der Waals surface area contributed by atoms with E-state index in [-0.39, 0.29) is 12.1 Å². The van der Waals surface area contributed by atoms with Crippen LogP contribution in [0.4, 0.5) is 4.39 Å². The van der Waals surface area contributed by atoms with Gasteiger partial charge in [0, 0.05) is 6.20 Å². The third kappa shape index (κ3) is 1.72. The van der Waals surface area contributed by atoms with Crippen LogP contribution in [0.5, 0.6) is 0 Å². The van der Waals surface area contributed by atoms with Crippen molar-refractivity contribution in [2.75, 3.05) is 0 Å². The first-order chi connectivity index (χ1) is 5.75. The lowest BCUT2D eigenvalue weighted by molar-refractivity contribution is -0.107. The zero-order valence-corrected chi connectivity index (χ0v) is 6.16. The molecule has 1 aromatic rings. The van der Waals surface area contributed by atoms with Crippen LogP contribution in [0.15, 0.2) is 18.3 Å². The number of aldehydes is 1. The second-order valence-corrected chi connectivity index (χ2v) is 2.13. The van der Waals surface area contributed by atoms with Gasteiger partial charge in [-0.1, -0.05) is 0 Å². The van der Waals surface area contributed by atoms with Gasteiger partial charge in [0.2, 0.25) is 0 Å². The summed E-state index contributed by atoms with van der Waals surface area (Å²) in [7, 11) is 0. The van der Waals surface area contributed by atoms with Crippen molar-refractivity contribution < 1.29 is 14.0 Å². The average Bonchev–Trinajstić information content (AvgIpc) is 2.05. The van der Waals surface area contributed by atoms with E-state index in [0.29, 0.717) is 6.29 Å². The number of hydrogen-bond acceptors (Lipinski definition) is 3. The molecular weight excluding hydrogens is 161 g/mol. The van der Waals surface area contributed by atoms with Crippen LogP contribution in [0.2, 0.25) is 0 Å². The van der Waals surface area contributed by atoms with E-state index in [2.05, 4.69) is 4.98 Å². The highest BCUT2D eigenvalue weighted by molar-refractivity contribution is 6.01. The van der Waals surface area contributed by atoms with Crippen molar-refractivity contribution >= 4 is 12.1 Å². The molecule has 0 saturated heterocycles. The number of ketones is 1. The zero-order valence-electron chi connectivity index (χ0n) is 6.16. The van der Waals surface area contributed by atoms with E-state index in [1.165, 1.54) is 12.3 Å². The predicted octanol–water partition coefficient (Wildman–Crippen LogP) is 0.992. The second kappa shape index (κ2) is 3.71. The number of carbonyl (C=O) groups is 2. The Morgan fingerprint density at radius 3 is 3.00 bits per heavy atom. The third-order valence-electron chi connectivity index (χ3n) is 1.29. The predicted molar refractivity (Wildman–Crippen MR) is 39.2 cm³/mol. The summed E-state index contributed by atoms with van der Waals surface area (Å²) in [5.41, 5.74) is -0.274. The number of rotatable bonds is 3. The van der Waals surface area contributed by atoms with Gasteiger partial charge in [-0.05, 0) is 12.1 Å². The number of carbonyl (C=O) groups excluding carboxylic acids is 2. The molecule has 62 valence electrons. The zero-order chi connectivity index (χ0) is 8.97. The molecule has 3 nitrogen and oxygen atoms in total. The van der Waals surface area contributed by atoms with Crippen LogP contribution < -0.4 is 0 Å². The van der Waals surface area contributed by atoms with E-state index in [0.717, 1.165) is 6.07 Å². The Hall–Kier alpha value is -1.58. The fourth-order valence-corrected chi connectivity index (χ4v) is 0.763. The molecule has 0 fully saturated rings. The molecule has 0 amide bonds. The van der Waals surface area contributed by atoms with Gasteiger partial charge < -0.3 is 4.79 Å². The Balaban J connectivity index is 2.94. The first kappa shape index (κ1) is 8.52. The molecule has 0 aliphatic rings. The highest BCUT2D eigenvalue weighted by Gasteiger charge is 2.10. The van der Waals surface area contributed by atoms with Crippen LogP contribution in [0.25, 0.3) is 0 Å². The van der Waals surface area contributed by atoms with Gasteiger partial charge >= 0.3 is 0 Å². The molecule has 4 heteroatoms. The molecule has 0 aliphatic carbocycles. The second-order valence-electron chi connectivity index (χ2n) is 2.13. The molecule has 0 unspecified atom stereocenters. The molecule has 0 aromatic carbocycles. The SMILES string of the molecule is O=CCC(=O)c1ncccc1F. The van der Waals surface area contributed by atoms with E-state index in [1.54, 1.807) is 0 Å². The number of hydrogen-bond donors (Lipinski definition) is 0. The molecule has 12 heavy (non-hydrogen) atoms. The van der Waals surface area contributed by atoms with Crippen LogP contribution in [0.1, 0.15) is 16.9 Å². The van der Waals surface area contributed by atoms with Crippen molar-refractivity contribution in [1.29, 1.82) is 0 Å². The van der Waals surface area contributed by atoms with E-state index < -0.39 is 11.6 Å². The van der Waals surface area contributed by atoms with Crippen molar-refractivity contribution in [2.45, 2.75) is 6.42 Å². The van der Waals surface area contributed by atoms with E-state index in [9.17, 15) is 14.0 Å². The molecule has 0 N–H and O–H groups in total. The fraction of sp³-hybridized carbons (Fsp3) is 0.125. The summed E-state index contributed by atoms with van der Waals surface area (Å²) in [4.78, 5) is 24.4. The summed E-state index contributed by atoms with van der Waals surface area (Å²) in [5.74, 6) is -1.28. The molecule has 1 aromatic heterocycles. The van der Waals surface area contributed by atoms with Crippen molar-refractivity contribution in [3.63, 3.8) is 0 Å². The van der Waals surface area contributed by atoms with Crippen molar-refractivity contribution in [3.05, 3.63) is 29.8 Å². The van der Waals surface area contributed by atoms with Gasteiger partial charge in [-0.15, -0.1) is 0 Å². The van der Waals surface area contributed by atoms with E-state index in [4.69, 9.17) is 0 Å². The molecule has 0 saturated carbocycles. The minimum Gasteiger partial charge on any atom is -0.303 e. The summed E-state index contributed by atoms with van der Waals surface area (Å²) in [6.07, 6.45) is 1.41. The lowest BCUT2D eigenvalue weighted by Gasteiger charge is -1.95. The van der Waals surface area contributed by atoms with Crippen LogP contribution in [0, 0.1) is 5.82 Å². The number of aromatic nitrogens is 1. The Morgan fingerprint density at radius 1 is 1.67 bits per heavy atom. The maximum Gasteiger partial charge on any atom is 0.191 e. The average molecular weight is 167 g/mol. The summed E-state index contributed by atoms with van der Waals surface area (Å²) in [6, 6.07) is 2.51. The molecule has 0 bridgehead atoms. The summed E-state index contributed by atoms with van der Waals surface area (Å²) < 4.78 is 12.8. The van der Waals surface area contributed by atoms with E-state index in [1.807, 2.05) is 0 Å². The normalized spacial score (nSPS) is 9.42. The van der Waals surface area contributed by atoms with Crippen LogP contribution in [-0.4, -0.2) is 17.1 Å². The number of Topliss-reactive ketones (excluding diaryl/α,β-unsaturated/α-hetero) is 1. The van der Waals surface area contributed by atoms with Gasteiger partial charge in [0.1, 0.15) is 12.0 Å². The smallest absolute Gasteiger partial charge is 0.191 e. The molecule has 1 heterocycles. The molecule has 1 rings (SSSR count). The van der Waals surface area contributed by atoms with Crippen molar-refractivity contribution in [3.8, 4) is 0 Å². The summed E-state index contributed by atoms with van der Waals surface area (Å²) in [5, 5.41) is 0. The summed E-state index contributed by atoms with van der Waals surface area (Å²) in [6.45, 7) is 0. The monoisotopic (exact) mass is 167 g/mol. The molecule has 0 radical (unpaired) electrons. The maximum atomic E-state index is 12.8. The quantitative estimate of drug-likeness (QED) is 0.383. The number of halogens is 1. The van der Waals surface area contributed by atoms with Crippen molar-refractivity contribution in [2.24, 2.45) is 0 Å². The molecule has 0 aliphatic heterocycles. The van der Waals surface area contributed by atoms with Crippen LogP contribution in [-0.2, 0) is 4.79 Å². The van der Waals surface area contributed by atoms with Gasteiger partial charge in [0.05, 0.1) is 6.42 Å². The maximum absolute atomic E-state index is 12.8. The highest BCUT2D eigenvalue weighted by atomic mass is 19.1. The van der Waals surface area contributed by atoms with Crippen LogP contribution >= 0.6 is 0 Å². The van der Waals surface area contributed by atoms with Gasteiger partial charge in [0.15, 0.2) is 11.6 Å². The largest absolute Gasteiger partial charge is 0.303 e. The standard InChI is InChI=1S/C8H6FNO2/c9-6-2-1-4-10-8(6)7(12)3-5-11/h1-2,4-5H,3H2. The Kier molecular flexibility index (Phi) is 2.63. The fourth-order valence-electron chi connectivity index (χ4n) is 0.763. The minimum absolute atomic E-state index is 0.274. The molecule has 0 atom stereocenters. The first-order valence-electron chi connectivity index (χ1n) is 3.33. The van der Waals surface area contributed by atoms with Crippen molar-refractivity contribution in [1.82, 2.24) is 4.98 Å². The Bertz CT molecular complexity index is 312. The topological polar surface area (TPSA) is 47.0 Å². The molecule has 0 spiro atoms. The minimum atomic E-state index is -0.690. The number of pyridine rings is 1. The van der Waals surface area contributed by atoms with E-state index >= 15 is 0 Å². The Morgan fingerprint density at radius 2 is 2.42 bits per heavy atom. The lowest BCUT2D eigenvalue weighted by Crippen LogP contribution is -2.05.